The summed E-state index contributed by atoms with van der Waals surface area (Å²) in [4.78, 5) is 0. The Kier molecular flexibility index (Phi) is 11.6. The SMILES string of the molecule is CC(C)[Si](F)(c1cc2c(cc1Br)[Si](C(C)C)(C(C)C)c1cc(Br)c([Si](F)(C(C)C)C(C)C)cc1[Si]2(C(C)C)C(C)C)C(C)C. The molecule has 0 amide bonds. The molecule has 1 aliphatic heterocycles. The second kappa shape index (κ2) is 13.2. The third kappa shape index (κ3) is 5.28. The van der Waals surface area contributed by atoms with Gasteiger partial charge >= 0.3 is 0 Å². The highest BCUT2D eigenvalue weighted by Gasteiger charge is 2.60. The molecule has 0 saturated carbocycles. The van der Waals surface area contributed by atoms with Crippen LogP contribution in [0.1, 0.15) is 111 Å². The smallest absolute Gasteiger partial charge is 0.283 e. The molecule has 44 heavy (non-hydrogen) atoms. The number of fused-ring (bicyclic) bond motifs is 2. The normalized spacial score (nSPS) is 16.8. The van der Waals surface area contributed by atoms with Crippen LogP contribution in [0.15, 0.2) is 33.2 Å². The minimum absolute atomic E-state index is 0.0307. The van der Waals surface area contributed by atoms with Crippen molar-refractivity contribution in [3.63, 3.8) is 0 Å². The number of hydrogen-bond donors (Lipinski definition) is 0. The minimum atomic E-state index is -3.36. The number of rotatable bonds is 10. The quantitative estimate of drug-likeness (QED) is 0.166. The molecule has 2 aromatic carbocycles. The molecule has 2 aromatic rings. The van der Waals surface area contributed by atoms with Crippen molar-refractivity contribution >= 4 is 95.9 Å². The molecule has 3 rings (SSSR count). The summed E-state index contributed by atoms with van der Waals surface area (Å²) in [7, 11) is -11.7. The van der Waals surface area contributed by atoms with Crippen LogP contribution in [0.2, 0.25) is 44.3 Å². The Morgan fingerprint density at radius 3 is 0.818 bits per heavy atom. The number of hydrogen-bond acceptors (Lipinski definition) is 0. The average molecular weight is 803 g/mol. The van der Waals surface area contributed by atoms with Crippen LogP contribution in [0.5, 0.6) is 0 Å². The first-order valence-electron chi connectivity index (χ1n) is 17.1. The van der Waals surface area contributed by atoms with Crippen LogP contribution in [0, 0.1) is 0 Å². The predicted octanol–water partition coefficient (Wildman–Crippen LogP) is 10.2. The molecule has 1 aliphatic rings. The van der Waals surface area contributed by atoms with Crippen molar-refractivity contribution in [3.8, 4) is 0 Å². The number of benzene rings is 2. The molecule has 8 heteroatoms. The van der Waals surface area contributed by atoms with Gasteiger partial charge in [-0.25, -0.2) is 0 Å². The molecular formula is C36H60Br2F2Si4. The molecule has 0 fully saturated rings. The van der Waals surface area contributed by atoms with Gasteiger partial charge in [0, 0.05) is 8.95 Å². The fourth-order valence-electron chi connectivity index (χ4n) is 9.79. The van der Waals surface area contributed by atoms with E-state index in [2.05, 4.69) is 167 Å². The van der Waals surface area contributed by atoms with Crippen molar-refractivity contribution in [2.75, 3.05) is 0 Å². The standard InChI is InChI=1S/C36H60Br2F2Si4/c1-21(2)41(22(3)4)33-17-29(37)31(43(39,25(9)10)26(11)12)19-35(33)42(23(5)6,24(7)8)36-20-32(30(38)18-34(36)41)44(40,27(13)14)28(15)16/h17-28H,1-16H3. The Morgan fingerprint density at radius 1 is 0.432 bits per heavy atom. The highest BCUT2D eigenvalue weighted by molar-refractivity contribution is 9.11. The summed E-state index contributed by atoms with van der Waals surface area (Å²) >= 11 is 8.02. The van der Waals surface area contributed by atoms with Crippen LogP contribution >= 0.6 is 31.9 Å². The van der Waals surface area contributed by atoms with Crippen LogP contribution in [-0.2, 0) is 0 Å². The van der Waals surface area contributed by atoms with Gasteiger partial charge in [-0.3, -0.25) is 0 Å². The van der Waals surface area contributed by atoms with Crippen LogP contribution in [0.25, 0.3) is 0 Å². The molecule has 0 atom stereocenters. The molecule has 0 aliphatic carbocycles. The van der Waals surface area contributed by atoms with E-state index in [0.717, 1.165) is 19.3 Å². The van der Waals surface area contributed by atoms with E-state index in [9.17, 15) is 0 Å². The van der Waals surface area contributed by atoms with Gasteiger partial charge in [-0.1, -0.05) is 176 Å². The first kappa shape index (κ1) is 38.6. The second-order valence-electron chi connectivity index (χ2n) is 16.3. The third-order valence-corrected chi connectivity index (χ3v) is 36.1. The van der Waals surface area contributed by atoms with E-state index in [1.807, 2.05) is 0 Å². The Bertz CT molecular complexity index is 1240. The molecule has 0 saturated heterocycles. The first-order chi connectivity index (χ1) is 20.0. The van der Waals surface area contributed by atoms with E-state index in [1.165, 1.54) is 20.7 Å². The molecule has 1 heterocycles. The maximum Gasteiger partial charge on any atom is 0.283 e. The molecule has 0 nitrogen and oxygen atoms in total. The maximum atomic E-state index is 17.6. The summed E-state index contributed by atoms with van der Waals surface area (Å²) in [5.41, 5.74) is 1.47. The van der Waals surface area contributed by atoms with Gasteiger partial charge in [0.05, 0.1) is 0 Å². The van der Waals surface area contributed by atoms with E-state index < -0.39 is 33.0 Å². The van der Waals surface area contributed by atoms with E-state index in [-0.39, 0.29) is 22.2 Å². The molecular weight excluding hydrogens is 743 g/mol. The van der Waals surface area contributed by atoms with E-state index >= 15 is 8.22 Å². The predicted molar refractivity (Wildman–Crippen MR) is 212 cm³/mol. The monoisotopic (exact) mass is 800 g/mol. The van der Waals surface area contributed by atoms with E-state index in [4.69, 9.17) is 0 Å². The van der Waals surface area contributed by atoms with Crippen LogP contribution in [0.4, 0.5) is 8.22 Å². The Morgan fingerprint density at radius 2 is 0.636 bits per heavy atom. The molecule has 0 bridgehead atoms. The lowest BCUT2D eigenvalue weighted by Gasteiger charge is -2.55. The zero-order chi connectivity index (χ0) is 34.1. The summed E-state index contributed by atoms with van der Waals surface area (Å²) in [6.45, 7) is 35.9. The van der Waals surface area contributed by atoms with Gasteiger partial charge < -0.3 is 8.22 Å². The number of halogens is 4. The van der Waals surface area contributed by atoms with Gasteiger partial charge in [0.25, 0.3) is 16.8 Å². The molecule has 0 N–H and O–H groups in total. The van der Waals surface area contributed by atoms with Crippen LogP contribution < -0.4 is 31.1 Å². The zero-order valence-corrected chi connectivity index (χ0v) is 37.6. The molecule has 0 radical (unpaired) electrons. The molecule has 0 spiro atoms. The lowest BCUT2D eigenvalue weighted by Crippen LogP contribution is -2.85. The molecule has 0 aromatic heterocycles. The summed E-state index contributed by atoms with van der Waals surface area (Å²) in [6.07, 6.45) is 0. The highest BCUT2D eigenvalue weighted by Crippen LogP contribution is 2.43. The highest BCUT2D eigenvalue weighted by atomic mass is 79.9. The third-order valence-electron chi connectivity index (χ3n) is 11.8. The lowest BCUT2D eigenvalue weighted by molar-refractivity contribution is 0.698. The van der Waals surface area contributed by atoms with Crippen molar-refractivity contribution in [2.24, 2.45) is 0 Å². The van der Waals surface area contributed by atoms with E-state index in [0.29, 0.717) is 22.2 Å². The van der Waals surface area contributed by atoms with Crippen molar-refractivity contribution in [1.29, 1.82) is 0 Å². The zero-order valence-electron chi connectivity index (χ0n) is 30.4. The Hall–Kier alpha value is 0.128. The topological polar surface area (TPSA) is 0 Å². The van der Waals surface area contributed by atoms with Crippen molar-refractivity contribution in [1.82, 2.24) is 0 Å². The van der Waals surface area contributed by atoms with Gasteiger partial charge in [-0.15, -0.1) is 0 Å². The Balaban J connectivity index is 2.77. The Labute approximate surface area is 290 Å². The maximum absolute atomic E-state index is 17.6. The molecule has 0 unspecified atom stereocenters. The summed E-state index contributed by atoms with van der Waals surface area (Å²) in [5.74, 6) is 0. The summed E-state index contributed by atoms with van der Waals surface area (Å²) in [5, 5.41) is 7.83. The fourth-order valence-corrected chi connectivity index (χ4v) is 34.1. The molecule has 248 valence electrons. The van der Waals surface area contributed by atoms with Crippen molar-refractivity contribution < 1.29 is 8.22 Å². The van der Waals surface area contributed by atoms with Gasteiger partial charge in [0.2, 0.25) is 0 Å². The largest absolute Gasteiger partial charge is 0.307 e. The average Bonchev–Trinajstić information content (AvgIpc) is 2.88. The fraction of sp³-hybridized carbons (Fsp3) is 0.667. The van der Waals surface area contributed by atoms with Gasteiger partial charge in [0.1, 0.15) is 16.1 Å². The summed E-state index contributed by atoms with van der Waals surface area (Å²) < 4.78 is 37.1. The van der Waals surface area contributed by atoms with Crippen LogP contribution in [0.3, 0.4) is 0 Å². The van der Waals surface area contributed by atoms with Crippen molar-refractivity contribution in [3.05, 3.63) is 33.2 Å². The van der Waals surface area contributed by atoms with Gasteiger partial charge in [0.15, 0.2) is 0 Å². The van der Waals surface area contributed by atoms with Crippen LogP contribution in [-0.4, -0.2) is 33.0 Å². The van der Waals surface area contributed by atoms with Gasteiger partial charge in [-0.05, 0) is 66.8 Å². The lowest BCUT2D eigenvalue weighted by atomic mass is 10.3. The second-order valence-corrected chi connectivity index (χ2v) is 37.0. The van der Waals surface area contributed by atoms with E-state index in [1.54, 1.807) is 0 Å². The summed E-state index contributed by atoms with van der Waals surface area (Å²) in [6, 6.07) is 9.63. The van der Waals surface area contributed by atoms with Crippen molar-refractivity contribution in [2.45, 2.75) is 155 Å². The van der Waals surface area contributed by atoms with Gasteiger partial charge in [-0.2, -0.15) is 0 Å². The first-order valence-corrected chi connectivity index (χ1v) is 27.1. The minimum Gasteiger partial charge on any atom is -0.307 e.